The summed E-state index contributed by atoms with van der Waals surface area (Å²) in [4.78, 5) is 20.0. The van der Waals surface area contributed by atoms with Gasteiger partial charge < -0.3 is 0 Å². The number of benzene rings is 1. The molecule has 1 aromatic rings. The third-order valence-electron chi connectivity index (χ3n) is 1.76. The zero-order valence-corrected chi connectivity index (χ0v) is 8.14. The van der Waals surface area contributed by atoms with Crippen LogP contribution in [0, 0.1) is 28.7 Å². The lowest BCUT2D eigenvalue weighted by Crippen LogP contribution is -2.05. The molecule has 0 aliphatic rings. The average molecular weight is 236 g/mol. The Balaban J connectivity index is 3.63. The van der Waals surface area contributed by atoms with Gasteiger partial charge in [-0.25, -0.2) is 4.39 Å². The molecule has 0 aromatic heterocycles. The van der Waals surface area contributed by atoms with Crippen LogP contribution in [0.3, 0.4) is 0 Å². The normalized spacial score (nSPS) is 10.1. The summed E-state index contributed by atoms with van der Waals surface area (Å²) in [5, 5.41) is 8.94. The summed E-state index contributed by atoms with van der Waals surface area (Å²) in [5.41, 5.74) is -2.28. The predicted octanol–water partition coefficient (Wildman–Crippen LogP) is 2.56. The maximum absolute atomic E-state index is 13.2. The second-order valence-corrected chi connectivity index (χ2v) is 3.09. The number of rotatable bonds is 2. The third kappa shape index (κ3) is 1.94. The van der Waals surface area contributed by atoms with Crippen LogP contribution in [-0.4, -0.2) is 10.2 Å². The lowest BCUT2D eigenvalue weighted by molar-refractivity contribution is -0.387. The lowest BCUT2D eigenvalue weighted by Gasteiger charge is -2.03. The van der Waals surface area contributed by atoms with E-state index in [1.165, 1.54) is 6.92 Å². The minimum absolute atomic E-state index is 0.216. The molecule has 7 heteroatoms. The smallest absolute Gasteiger partial charge is 0.275 e. The fourth-order valence-corrected chi connectivity index (χ4v) is 1.22. The molecule has 0 spiro atoms. The molecule has 0 fully saturated rings. The van der Waals surface area contributed by atoms with Crippen LogP contribution >= 0.6 is 11.6 Å². The van der Waals surface area contributed by atoms with Crippen LogP contribution in [0.1, 0.15) is 15.9 Å². The highest BCUT2D eigenvalue weighted by Crippen LogP contribution is 2.27. The van der Waals surface area contributed by atoms with E-state index in [9.17, 15) is 23.7 Å². The Morgan fingerprint density at radius 1 is 1.47 bits per heavy atom. The number of carbonyl (C=O) groups excluding carboxylic acids is 1. The van der Waals surface area contributed by atoms with Crippen molar-refractivity contribution in [2.75, 3.05) is 0 Å². The molecular formula is C8H4ClF2NO3. The molecule has 0 atom stereocenters. The molecule has 1 rings (SSSR count). The Hall–Kier alpha value is -1.56. The van der Waals surface area contributed by atoms with Gasteiger partial charge in [0.2, 0.25) is 5.82 Å². The first-order valence-corrected chi connectivity index (χ1v) is 4.07. The van der Waals surface area contributed by atoms with E-state index in [1.807, 2.05) is 0 Å². The van der Waals surface area contributed by atoms with Crippen molar-refractivity contribution in [1.29, 1.82) is 0 Å². The Morgan fingerprint density at radius 2 is 2.00 bits per heavy atom. The van der Waals surface area contributed by atoms with Crippen LogP contribution in [-0.2, 0) is 0 Å². The first-order chi connectivity index (χ1) is 6.86. The molecule has 0 amide bonds. The molecule has 0 heterocycles. The number of halogens is 3. The highest BCUT2D eigenvalue weighted by atomic mass is 35.5. The molecule has 4 nitrogen and oxygen atoms in total. The van der Waals surface area contributed by atoms with Crippen molar-refractivity contribution in [3.05, 3.63) is 38.9 Å². The van der Waals surface area contributed by atoms with Crippen molar-refractivity contribution in [3.8, 4) is 0 Å². The van der Waals surface area contributed by atoms with Crippen LogP contribution in [0.5, 0.6) is 0 Å². The van der Waals surface area contributed by atoms with Gasteiger partial charge in [0.1, 0.15) is 11.4 Å². The van der Waals surface area contributed by atoms with Crippen LogP contribution in [0.4, 0.5) is 14.5 Å². The van der Waals surface area contributed by atoms with Crippen molar-refractivity contribution in [2.45, 2.75) is 6.92 Å². The average Bonchev–Trinajstić information content (AvgIpc) is 2.10. The maximum Gasteiger partial charge on any atom is 0.306 e. The van der Waals surface area contributed by atoms with Gasteiger partial charge in [-0.1, -0.05) is 0 Å². The second-order valence-electron chi connectivity index (χ2n) is 2.75. The Bertz CT molecular complexity index is 462. The predicted molar refractivity (Wildman–Crippen MR) is 47.9 cm³/mol. The van der Waals surface area contributed by atoms with Crippen molar-refractivity contribution in [1.82, 2.24) is 0 Å². The zero-order valence-electron chi connectivity index (χ0n) is 7.38. The summed E-state index contributed by atoms with van der Waals surface area (Å²) in [6, 6.07) is 0.702. The highest BCUT2D eigenvalue weighted by molar-refractivity contribution is 6.67. The van der Waals surface area contributed by atoms with Crippen molar-refractivity contribution >= 4 is 22.5 Å². The van der Waals surface area contributed by atoms with E-state index in [2.05, 4.69) is 0 Å². The molecule has 0 aliphatic heterocycles. The molecule has 0 radical (unpaired) electrons. The molecule has 80 valence electrons. The van der Waals surface area contributed by atoms with Gasteiger partial charge >= 0.3 is 5.69 Å². The van der Waals surface area contributed by atoms with Crippen LogP contribution < -0.4 is 0 Å². The lowest BCUT2D eigenvalue weighted by atomic mass is 10.1. The van der Waals surface area contributed by atoms with Gasteiger partial charge in [-0.3, -0.25) is 14.9 Å². The fourth-order valence-electron chi connectivity index (χ4n) is 1.06. The summed E-state index contributed by atoms with van der Waals surface area (Å²) in [7, 11) is 0. The Morgan fingerprint density at radius 3 is 2.40 bits per heavy atom. The fraction of sp³-hybridized carbons (Fsp3) is 0.125. The topological polar surface area (TPSA) is 60.2 Å². The molecule has 0 saturated heterocycles. The van der Waals surface area contributed by atoms with Crippen LogP contribution in [0.2, 0.25) is 0 Å². The second kappa shape index (κ2) is 3.90. The monoisotopic (exact) mass is 235 g/mol. The molecule has 0 saturated carbocycles. The summed E-state index contributed by atoms with van der Waals surface area (Å²) in [5.74, 6) is -2.73. The van der Waals surface area contributed by atoms with Crippen LogP contribution in [0.25, 0.3) is 0 Å². The molecular weight excluding hydrogens is 232 g/mol. The van der Waals surface area contributed by atoms with Crippen molar-refractivity contribution in [3.63, 3.8) is 0 Å². The standard InChI is InChI=1S/C8H4ClF2NO3/c1-3-2-4(12(14)15)7(11)5(6(3)10)8(9)13/h2H,1H3. The number of carbonyl (C=O) groups is 1. The van der Waals surface area contributed by atoms with Gasteiger partial charge in [-0.2, -0.15) is 4.39 Å². The van der Waals surface area contributed by atoms with Crippen molar-refractivity contribution < 1.29 is 18.5 Å². The number of nitro benzene ring substituents is 1. The minimum Gasteiger partial charge on any atom is -0.275 e. The van der Waals surface area contributed by atoms with E-state index in [1.54, 1.807) is 0 Å². The molecule has 0 unspecified atom stereocenters. The first kappa shape index (κ1) is 11.5. The summed E-state index contributed by atoms with van der Waals surface area (Å²) >= 11 is 4.92. The zero-order chi connectivity index (χ0) is 11.7. The van der Waals surface area contributed by atoms with Crippen molar-refractivity contribution in [2.24, 2.45) is 0 Å². The van der Waals surface area contributed by atoms with E-state index in [-0.39, 0.29) is 5.56 Å². The van der Waals surface area contributed by atoms with Gasteiger partial charge in [0, 0.05) is 6.07 Å². The van der Waals surface area contributed by atoms with E-state index in [0.717, 1.165) is 0 Å². The van der Waals surface area contributed by atoms with Gasteiger partial charge in [-0.05, 0) is 24.1 Å². The summed E-state index contributed by atoms with van der Waals surface area (Å²) in [6.07, 6.45) is 0. The third-order valence-corrected chi connectivity index (χ3v) is 1.95. The molecule has 0 N–H and O–H groups in total. The summed E-state index contributed by atoms with van der Waals surface area (Å²) < 4.78 is 26.4. The van der Waals surface area contributed by atoms with E-state index in [4.69, 9.17) is 11.6 Å². The highest BCUT2D eigenvalue weighted by Gasteiger charge is 2.27. The minimum atomic E-state index is -1.55. The van der Waals surface area contributed by atoms with Gasteiger partial charge in [0.05, 0.1) is 4.92 Å². The molecule has 15 heavy (non-hydrogen) atoms. The molecule has 0 bridgehead atoms. The number of nitrogens with zero attached hydrogens (tertiary/aromatic N) is 1. The van der Waals surface area contributed by atoms with Gasteiger partial charge in [-0.15, -0.1) is 0 Å². The SMILES string of the molecule is Cc1cc([N+](=O)[O-])c(F)c(C(=O)Cl)c1F. The van der Waals surface area contributed by atoms with Gasteiger partial charge in [0.25, 0.3) is 5.24 Å². The quantitative estimate of drug-likeness (QED) is 0.450. The van der Waals surface area contributed by atoms with Gasteiger partial charge in [0.15, 0.2) is 0 Å². The molecule has 0 aliphatic carbocycles. The van der Waals surface area contributed by atoms with E-state index < -0.39 is 33.1 Å². The summed E-state index contributed by atoms with van der Waals surface area (Å²) in [6.45, 7) is 1.17. The number of aryl methyl sites for hydroxylation is 1. The van der Waals surface area contributed by atoms with Crippen LogP contribution in [0.15, 0.2) is 6.07 Å². The van der Waals surface area contributed by atoms with E-state index >= 15 is 0 Å². The number of hydrogen-bond acceptors (Lipinski definition) is 3. The number of nitro groups is 1. The van der Waals surface area contributed by atoms with E-state index in [0.29, 0.717) is 6.07 Å². The largest absolute Gasteiger partial charge is 0.306 e. The Kier molecular flexibility index (Phi) is 2.99. The first-order valence-electron chi connectivity index (χ1n) is 3.69. The maximum atomic E-state index is 13.2. The molecule has 1 aromatic carbocycles. The number of hydrogen-bond donors (Lipinski definition) is 0. The Labute approximate surface area is 87.6 Å².